The van der Waals surface area contributed by atoms with E-state index in [9.17, 15) is 23.8 Å². The van der Waals surface area contributed by atoms with Gasteiger partial charge in [-0.05, 0) is 37.1 Å². The molecule has 0 aromatic heterocycles. The van der Waals surface area contributed by atoms with Gasteiger partial charge in [0.25, 0.3) is 0 Å². The van der Waals surface area contributed by atoms with Gasteiger partial charge in [0.05, 0.1) is 0 Å². The fraction of sp³-hybridized carbons (Fsp3) is 0.250. The maximum atomic E-state index is 12.9. The third-order valence-electron chi connectivity index (χ3n) is 2.02. The molecule has 0 aliphatic carbocycles. The van der Waals surface area contributed by atoms with E-state index in [0.29, 0.717) is 0 Å². The van der Waals surface area contributed by atoms with Crippen LogP contribution in [0.5, 0.6) is 0 Å². The molecule has 1 aromatic carbocycles. The normalized spacial score (nSPS) is 17.1. The lowest BCUT2D eigenvalue weighted by Gasteiger charge is -2.40. The minimum Gasteiger partial charge on any atom is -0.207 e. The highest BCUT2D eigenvalue weighted by Gasteiger charge is 2.65. The highest BCUT2D eigenvalue weighted by molar-refractivity contribution is 8.45. The van der Waals surface area contributed by atoms with Gasteiger partial charge >= 0.3 is 10.2 Å². The summed E-state index contributed by atoms with van der Waals surface area (Å²) in [4.78, 5) is -2.18. The molecule has 0 atom stereocenters. The van der Waals surface area contributed by atoms with E-state index in [0.717, 1.165) is 6.92 Å². The summed E-state index contributed by atoms with van der Waals surface area (Å²) in [5, 5.41) is 0. The molecule has 15 heavy (non-hydrogen) atoms. The van der Waals surface area contributed by atoms with Gasteiger partial charge in [-0.1, -0.05) is 19.4 Å². The van der Waals surface area contributed by atoms with Crippen LogP contribution in [0.2, 0.25) is 0 Å². The van der Waals surface area contributed by atoms with Crippen LogP contribution >= 0.6 is 10.2 Å². The van der Waals surface area contributed by atoms with Crippen LogP contribution in [0, 0.1) is 19.7 Å². The molecule has 7 heteroatoms. The predicted octanol–water partition coefficient (Wildman–Crippen LogP) is 5.10. The third kappa shape index (κ3) is 2.58. The fourth-order valence-corrected chi connectivity index (χ4v) is 1.73. The van der Waals surface area contributed by atoms with E-state index < -0.39 is 20.9 Å². The Kier molecular flexibility index (Phi) is 2.00. The van der Waals surface area contributed by atoms with Crippen molar-refractivity contribution in [3.8, 4) is 0 Å². The summed E-state index contributed by atoms with van der Waals surface area (Å²) in [6.45, 7) is 2.37. The van der Waals surface area contributed by atoms with Gasteiger partial charge in [-0.2, -0.15) is 0 Å². The molecule has 0 aliphatic rings. The van der Waals surface area contributed by atoms with Crippen molar-refractivity contribution in [3.05, 3.63) is 29.1 Å². The minimum absolute atomic E-state index is 0.0689. The predicted molar refractivity (Wildman–Crippen MR) is 47.3 cm³/mol. The fourth-order valence-electron chi connectivity index (χ4n) is 1.01. The SMILES string of the molecule is Cc1cc(S(F)(F)(F)(F)F)cc(F)c1C. The second kappa shape index (κ2) is 2.45. The van der Waals surface area contributed by atoms with E-state index >= 15 is 0 Å². The first-order valence-corrected chi connectivity index (χ1v) is 5.77. The quantitative estimate of drug-likeness (QED) is 0.608. The van der Waals surface area contributed by atoms with Crippen LogP contribution < -0.4 is 0 Å². The maximum absolute atomic E-state index is 12.9. The van der Waals surface area contributed by atoms with E-state index in [1.54, 1.807) is 0 Å². The van der Waals surface area contributed by atoms with E-state index in [-0.39, 0.29) is 23.3 Å². The Labute approximate surface area is 82.6 Å². The van der Waals surface area contributed by atoms with Crippen molar-refractivity contribution in [2.24, 2.45) is 0 Å². The molecule has 88 valence electrons. The molecular formula is C8H8F6S. The minimum atomic E-state index is -9.76. The Bertz CT molecular complexity index is 395. The lowest BCUT2D eigenvalue weighted by molar-refractivity contribution is 0.362. The average Bonchev–Trinajstić information content (AvgIpc) is 1.94. The van der Waals surface area contributed by atoms with Gasteiger partial charge in [-0.25, -0.2) is 4.39 Å². The molecule has 0 fully saturated rings. The van der Waals surface area contributed by atoms with Crippen LogP contribution in [0.4, 0.5) is 23.8 Å². The summed E-state index contributed by atoms with van der Waals surface area (Å²) in [6.07, 6.45) is 0. The number of aryl methyl sites for hydroxylation is 1. The zero-order valence-corrected chi connectivity index (χ0v) is 8.65. The van der Waals surface area contributed by atoms with Crippen molar-refractivity contribution < 1.29 is 23.8 Å². The van der Waals surface area contributed by atoms with E-state index in [4.69, 9.17) is 0 Å². The summed E-state index contributed by atoms with van der Waals surface area (Å²) in [5.74, 6) is -1.28. The first kappa shape index (κ1) is 12.2. The van der Waals surface area contributed by atoms with Gasteiger partial charge in [-0.3, -0.25) is 0 Å². The van der Waals surface area contributed by atoms with Crippen LogP contribution in [0.1, 0.15) is 11.1 Å². The molecule has 0 saturated carbocycles. The molecule has 0 nitrogen and oxygen atoms in total. The topological polar surface area (TPSA) is 0 Å². The highest BCUT2D eigenvalue weighted by atomic mass is 32.5. The van der Waals surface area contributed by atoms with E-state index in [1.165, 1.54) is 6.92 Å². The number of rotatable bonds is 1. The summed E-state index contributed by atoms with van der Waals surface area (Å²) < 4.78 is 74.3. The molecular weight excluding hydrogens is 242 g/mol. The van der Waals surface area contributed by atoms with Gasteiger partial charge < -0.3 is 0 Å². The first-order valence-electron chi connectivity index (χ1n) is 3.82. The molecule has 0 radical (unpaired) electrons. The lowest BCUT2D eigenvalue weighted by atomic mass is 10.1. The Morgan fingerprint density at radius 2 is 1.40 bits per heavy atom. The molecule has 0 amide bonds. The molecule has 0 N–H and O–H groups in total. The van der Waals surface area contributed by atoms with Crippen LogP contribution in [-0.2, 0) is 0 Å². The zero-order valence-electron chi connectivity index (χ0n) is 7.83. The van der Waals surface area contributed by atoms with Gasteiger partial charge in [0.2, 0.25) is 0 Å². The average molecular weight is 250 g/mol. The molecule has 1 aromatic rings. The zero-order chi connectivity index (χ0) is 12.1. The van der Waals surface area contributed by atoms with Crippen molar-refractivity contribution in [3.63, 3.8) is 0 Å². The number of halogens is 6. The smallest absolute Gasteiger partial charge is 0.207 e. The summed E-state index contributed by atoms with van der Waals surface area (Å²) in [5.41, 5.74) is -0.223. The van der Waals surface area contributed by atoms with Crippen LogP contribution in [0.3, 0.4) is 0 Å². The Balaban J connectivity index is 3.58. The number of hydrogen-bond acceptors (Lipinski definition) is 0. The standard InChI is InChI=1S/C8H8F6S/c1-5-3-7(4-8(9)6(5)2)15(10,11,12,13)14/h3-4H,1-2H3. The van der Waals surface area contributed by atoms with Crippen molar-refractivity contribution in [1.29, 1.82) is 0 Å². The number of hydrogen-bond donors (Lipinski definition) is 0. The van der Waals surface area contributed by atoms with Gasteiger partial charge in [0, 0.05) is 0 Å². The third-order valence-corrected chi connectivity index (χ3v) is 3.15. The molecule has 0 heterocycles. The summed E-state index contributed by atoms with van der Waals surface area (Å²) >= 11 is 0. The Hall–Kier alpha value is -0.850. The highest BCUT2D eigenvalue weighted by Crippen LogP contribution is 3.02. The largest absolute Gasteiger partial charge is 0.310 e. The molecule has 0 unspecified atom stereocenters. The molecule has 0 bridgehead atoms. The van der Waals surface area contributed by atoms with Crippen molar-refractivity contribution in [2.75, 3.05) is 0 Å². The van der Waals surface area contributed by atoms with E-state index in [2.05, 4.69) is 0 Å². The molecule has 0 aliphatic heterocycles. The van der Waals surface area contributed by atoms with Crippen LogP contribution in [0.15, 0.2) is 17.0 Å². The van der Waals surface area contributed by atoms with Gasteiger partial charge in [0.1, 0.15) is 10.7 Å². The second-order valence-electron chi connectivity index (χ2n) is 3.32. The second-order valence-corrected chi connectivity index (χ2v) is 5.73. The Morgan fingerprint density at radius 3 is 1.73 bits per heavy atom. The summed E-state index contributed by atoms with van der Waals surface area (Å²) in [7, 11) is -9.76. The Morgan fingerprint density at radius 1 is 0.933 bits per heavy atom. The van der Waals surface area contributed by atoms with Crippen molar-refractivity contribution in [2.45, 2.75) is 18.7 Å². The van der Waals surface area contributed by atoms with E-state index in [1.807, 2.05) is 0 Å². The van der Waals surface area contributed by atoms with Crippen molar-refractivity contribution in [1.82, 2.24) is 0 Å². The first-order chi connectivity index (χ1) is 6.31. The maximum Gasteiger partial charge on any atom is 0.310 e. The van der Waals surface area contributed by atoms with Crippen LogP contribution in [0.25, 0.3) is 0 Å². The molecule has 0 spiro atoms. The monoisotopic (exact) mass is 250 g/mol. The van der Waals surface area contributed by atoms with Crippen LogP contribution in [-0.4, -0.2) is 0 Å². The van der Waals surface area contributed by atoms with Gasteiger partial charge in [0.15, 0.2) is 0 Å². The lowest BCUT2D eigenvalue weighted by Crippen LogP contribution is -2.07. The molecule has 0 saturated heterocycles. The number of benzene rings is 1. The molecule has 1 rings (SSSR count). The van der Waals surface area contributed by atoms with Gasteiger partial charge in [-0.15, -0.1) is 0 Å². The van der Waals surface area contributed by atoms with Crippen molar-refractivity contribution >= 4 is 10.2 Å². The summed E-state index contributed by atoms with van der Waals surface area (Å²) in [6, 6.07) is 0.101.